The molecule has 3 nitrogen and oxygen atoms in total. The molecule has 0 atom stereocenters. The summed E-state index contributed by atoms with van der Waals surface area (Å²) in [5.41, 5.74) is 2.31. The van der Waals surface area contributed by atoms with Crippen molar-refractivity contribution in [1.82, 2.24) is 9.97 Å². The molecule has 0 aliphatic heterocycles. The average Bonchev–Trinajstić information content (AvgIpc) is 2.76. The molecule has 0 spiro atoms. The van der Waals surface area contributed by atoms with Crippen molar-refractivity contribution < 1.29 is 4.79 Å². The van der Waals surface area contributed by atoms with E-state index in [1.165, 1.54) is 11.3 Å². The van der Waals surface area contributed by atoms with Crippen molar-refractivity contribution in [3.8, 4) is 0 Å². The molecule has 0 aliphatic rings. The van der Waals surface area contributed by atoms with Crippen molar-refractivity contribution in [2.45, 2.75) is 13.8 Å². The van der Waals surface area contributed by atoms with Gasteiger partial charge in [-0.05, 0) is 26.0 Å². The van der Waals surface area contributed by atoms with E-state index in [9.17, 15) is 4.79 Å². The molecule has 94 valence electrons. The molecule has 0 bridgehead atoms. The molecule has 0 radical (unpaired) electrons. The number of hydrogen-bond donors (Lipinski definition) is 0. The minimum absolute atomic E-state index is 0.00125. The van der Waals surface area contributed by atoms with E-state index < -0.39 is 0 Å². The van der Waals surface area contributed by atoms with Crippen molar-refractivity contribution in [3.05, 3.63) is 57.7 Å². The quantitative estimate of drug-likeness (QED) is 0.668. The van der Waals surface area contributed by atoms with Crippen LogP contribution < -0.4 is 0 Å². The number of thiazole rings is 1. The monoisotopic (exact) mass is 268 g/mol. The number of pyridine rings is 1. The molecule has 3 aromatic rings. The molecule has 0 unspecified atom stereocenters. The van der Waals surface area contributed by atoms with E-state index in [0.717, 1.165) is 21.6 Å². The third-order valence-electron chi connectivity index (χ3n) is 2.96. The topological polar surface area (TPSA) is 42.9 Å². The average molecular weight is 268 g/mol. The lowest BCUT2D eigenvalue weighted by molar-refractivity contribution is 0.104. The first kappa shape index (κ1) is 12.0. The summed E-state index contributed by atoms with van der Waals surface area (Å²) in [5, 5.41) is 1.89. The first-order valence-electron chi connectivity index (χ1n) is 5.98. The Hall–Kier alpha value is -2.07. The molecule has 0 aliphatic carbocycles. The smallest absolute Gasteiger partial charge is 0.206 e. The molecule has 19 heavy (non-hydrogen) atoms. The van der Waals surface area contributed by atoms with Crippen LogP contribution in [0.5, 0.6) is 0 Å². The normalized spacial score (nSPS) is 10.8. The van der Waals surface area contributed by atoms with E-state index in [1.807, 2.05) is 44.2 Å². The van der Waals surface area contributed by atoms with Gasteiger partial charge in [0.1, 0.15) is 0 Å². The number of ketones is 1. The Balaban J connectivity index is 2.09. The van der Waals surface area contributed by atoms with Crippen LogP contribution in [0.2, 0.25) is 0 Å². The SMILES string of the molecule is Cc1nc(C)c(C(=O)c2cnc3ccccc3c2)s1. The maximum atomic E-state index is 12.5. The number of para-hydroxylation sites is 1. The lowest BCUT2D eigenvalue weighted by atomic mass is 10.1. The Labute approximate surface area is 115 Å². The fraction of sp³-hybridized carbons (Fsp3) is 0.133. The second-order valence-electron chi connectivity index (χ2n) is 4.39. The highest BCUT2D eigenvalue weighted by atomic mass is 32.1. The van der Waals surface area contributed by atoms with Crippen LogP contribution in [-0.4, -0.2) is 15.8 Å². The fourth-order valence-corrected chi connectivity index (χ4v) is 2.95. The molecule has 3 rings (SSSR count). The Morgan fingerprint density at radius 3 is 2.74 bits per heavy atom. The van der Waals surface area contributed by atoms with E-state index in [-0.39, 0.29) is 5.78 Å². The highest BCUT2D eigenvalue weighted by Gasteiger charge is 2.16. The lowest BCUT2D eigenvalue weighted by Crippen LogP contribution is -2.01. The molecule has 1 aromatic carbocycles. The third-order valence-corrected chi connectivity index (χ3v) is 4.03. The first-order valence-corrected chi connectivity index (χ1v) is 6.80. The Bertz CT molecular complexity index is 777. The van der Waals surface area contributed by atoms with Gasteiger partial charge in [0.05, 0.1) is 21.1 Å². The Morgan fingerprint density at radius 1 is 1.21 bits per heavy atom. The van der Waals surface area contributed by atoms with Crippen LogP contribution in [0, 0.1) is 13.8 Å². The summed E-state index contributed by atoms with van der Waals surface area (Å²) in [7, 11) is 0. The lowest BCUT2D eigenvalue weighted by Gasteiger charge is -2.01. The standard InChI is InChI=1S/C15H12N2OS/c1-9-15(19-10(2)17-9)14(18)12-7-11-5-3-4-6-13(11)16-8-12/h3-8H,1-2H3. The maximum Gasteiger partial charge on any atom is 0.206 e. The van der Waals surface area contributed by atoms with Crippen LogP contribution in [0.25, 0.3) is 10.9 Å². The van der Waals surface area contributed by atoms with E-state index in [1.54, 1.807) is 6.20 Å². The van der Waals surface area contributed by atoms with Gasteiger partial charge >= 0.3 is 0 Å². The highest BCUT2D eigenvalue weighted by Crippen LogP contribution is 2.22. The molecule has 0 amide bonds. The summed E-state index contributed by atoms with van der Waals surface area (Å²) in [4.78, 5) is 21.8. The zero-order valence-electron chi connectivity index (χ0n) is 10.7. The van der Waals surface area contributed by atoms with Gasteiger partial charge in [0.15, 0.2) is 0 Å². The number of aryl methyl sites for hydroxylation is 2. The van der Waals surface area contributed by atoms with Crippen LogP contribution in [-0.2, 0) is 0 Å². The number of hydrogen-bond acceptors (Lipinski definition) is 4. The predicted molar refractivity (Wildman–Crippen MR) is 76.8 cm³/mol. The van der Waals surface area contributed by atoms with Gasteiger partial charge in [-0.15, -0.1) is 11.3 Å². The first-order chi connectivity index (χ1) is 9.15. The number of benzene rings is 1. The van der Waals surface area contributed by atoms with E-state index >= 15 is 0 Å². The van der Waals surface area contributed by atoms with Crippen LogP contribution >= 0.6 is 11.3 Å². The number of aromatic nitrogens is 2. The van der Waals surface area contributed by atoms with E-state index in [2.05, 4.69) is 9.97 Å². The number of rotatable bonds is 2. The number of fused-ring (bicyclic) bond motifs is 1. The van der Waals surface area contributed by atoms with Crippen LogP contribution in [0.15, 0.2) is 36.5 Å². The van der Waals surface area contributed by atoms with Crippen molar-refractivity contribution in [2.24, 2.45) is 0 Å². The van der Waals surface area contributed by atoms with Gasteiger partial charge in [-0.2, -0.15) is 0 Å². The minimum Gasteiger partial charge on any atom is -0.288 e. The second kappa shape index (κ2) is 4.55. The van der Waals surface area contributed by atoms with Gasteiger partial charge in [0, 0.05) is 17.1 Å². The van der Waals surface area contributed by atoms with Crippen molar-refractivity contribution >= 4 is 28.0 Å². The van der Waals surface area contributed by atoms with Gasteiger partial charge in [-0.3, -0.25) is 9.78 Å². The summed E-state index contributed by atoms with van der Waals surface area (Å²) < 4.78 is 0. The molecule has 0 N–H and O–H groups in total. The zero-order valence-corrected chi connectivity index (χ0v) is 11.5. The van der Waals surface area contributed by atoms with Gasteiger partial charge in [0.25, 0.3) is 0 Å². The number of nitrogens with zero attached hydrogens (tertiary/aromatic N) is 2. The van der Waals surface area contributed by atoms with Gasteiger partial charge < -0.3 is 0 Å². The predicted octanol–water partition coefficient (Wildman–Crippen LogP) is 3.54. The van der Waals surface area contributed by atoms with Gasteiger partial charge in [-0.25, -0.2) is 4.98 Å². The van der Waals surface area contributed by atoms with Crippen molar-refractivity contribution in [3.63, 3.8) is 0 Å². The third kappa shape index (κ3) is 2.15. The maximum absolute atomic E-state index is 12.5. The zero-order chi connectivity index (χ0) is 13.4. The molecule has 2 heterocycles. The molecule has 2 aromatic heterocycles. The summed E-state index contributed by atoms with van der Waals surface area (Å²) >= 11 is 1.43. The molecule has 0 saturated carbocycles. The van der Waals surface area contributed by atoms with Gasteiger partial charge in [-0.1, -0.05) is 18.2 Å². The van der Waals surface area contributed by atoms with Crippen molar-refractivity contribution in [2.75, 3.05) is 0 Å². The van der Waals surface area contributed by atoms with E-state index in [0.29, 0.717) is 10.4 Å². The van der Waals surface area contributed by atoms with Crippen LogP contribution in [0.1, 0.15) is 25.9 Å². The summed E-state index contributed by atoms with van der Waals surface area (Å²) in [6, 6.07) is 9.67. The highest BCUT2D eigenvalue weighted by molar-refractivity contribution is 7.14. The number of carbonyl (C=O) groups excluding carboxylic acids is 1. The second-order valence-corrected chi connectivity index (χ2v) is 5.60. The van der Waals surface area contributed by atoms with Gasteiger partial charge in [0.2, 0.25) is 5.78 Å². The summed E-state index contributed by atoms with van der Waals surface area (Å²) in [6.45, 7) is 3.78. The molecular weight excluding hydrogens is 256 g/mol. The van der Waals surface area contributed by atoms with Crippen LogP contribution in [0.4, 0.5) is 0 Å². The molecular formula is C15H12N2OS. The summed E-state index contributed by atoms with van der Waals surface area (Å²) in [6.07, 6.45) is 1.64. The minimum atomic E-state index is 0.00125. The Kier molecular flexibility index (Phi) is 2.87. The molecule has 0 fully saturated rings. The molecule has 4 heteroatoms. The van der Waals surface area contributed by atoms with Crippen LogP contribution in [0.3, 0.4) is 0 Å². The largest absolute Gasteiger partial charge is 0.288 e. The summed E-state index contributed by atoms with van der Waals surface area (Å²) in [5.74, 6) is 0.00125. The number of carbonyl (C=O) groups is 1. The van der Waals surface area contributed by atoms with E-state index in [4.69, 9.17) is 0 Å². The van der Waals surface area contributed by atoms with Crippen molar-refractivity contribution in [1.29, 1.82) is 0 Å². The fourth-order valence-electron chi connectivity index (χ4n) is 2.07. The Morgan fingerprint density at radius 2 is 2.00 bits per heavy atom. The molecule has 0 saturated heterocycles.